The Hall–Kier alpha value is -3.97. The van der Waals surface area contributed by atoms with Crippen molar-refractivity contribution in [2.24, 2.45) is 0 Å². The van der Waals surface area contributed by atoms with Gasteiger partial charge in [0.25, 0.3) is 5.91 Å². The Labute approximate surface area is 233 Å². The SMILES string of the molecule is C[C@@H]1CN(c2ccccc2)CCN1C(=O)c1ccc2nc(-c3ccc(Cl)cc3)c(CCCCC(=O)O)nc2c1. The van der Waals surface area contributed by atoms with Crippen LogP contribution in [0.4, 0.5) is 5.69 Å². The van der Waals surface area contributed by atoms with Gasteiger partial charge in [0.2, 0.25) is 0 Å². The molecule has 1 amide bonds. The van der Waals surface area contributed by atoms with Crippen molar-refractivity contribution in [2.45, 2.75) is 38.6 Å². The molecule has 1 aromatic heterocycles. The van der Waals surface area contributed by atoms with E-state index in [4.69, 9.17) is 26.7 Å². The van der Waals surface area contributed by atoms with Crippen LogP contribution < -0.4 is 4.90 Å². The maximum absolute atomic E-state index is 13.6. The fourth-order valence-corrected chi connectivity index (χ4v) is 5.23. The summed E-state index contributed by atoms with van der Waals surface area (Å²) in [5.41, 5.74) is 5.55. The number of fused-ring (bicyclic) bond motifs is 1. The summed E-state index contributed by atoms with van der Waals surface area (Å²) in [4.78, 5) is 38.6. The average Bonchev–Trinajstić information content (AvgIpc) is 2.95. The summed E-state index contributed by atoms with van der Waals surface area (Å²) in [7, 11) is 0. The molecule has 7 nitrogen and oxygen atoms in total. The Bertz CT molecular complexity index is 1480. The van der Waals surface area contributed by atoms with E-state index >= 15 is 0 Å². The zero-order valence-corrected chi connectivity index (χ0v) is 22.6. The first kappa shape index (κ1) is 26.6. The molecule has 1 fully saturated rings. The lowest BCUT2D eigenvalue weighted by Gasteiger charge is -2.41. The third-order valence-electron chi connectivity index (χ3n) is 7.16. The van der Waals surface area contributed by atoms with Gasteiger partial charge in [-0.05, 0) is 68.7 Å². The number of hydrogen-bond donors (Lipinski definition) is 1. The molecule has 1 saturated heterocycles. The number of unbranched alkanes of at least 4 members (excludes halogenated alkanes) is 1. The van der Waals surface area contributed by atoms with Gasteiger partial charge in [-0.2, -0.15) is 0 Å². The standard InChI is InChI=1S/C31H31ClN4O3/c1-21-20-35(25-7-3-2-4-8-25)17-18-36(21)31(39)23-13-16-26-28(19-23)33-27(9-5-6-10-29(37)38)30(34-26)22-11-14-24(32)15-12-22/h2-4,7-8,11-16,19,21H,5-6,9-10,17-18,20H2,1H3,(H,37,38)/t21-/m1/s1. The van der Waals surface area contributed by atoms with Crippen LogP contribution in [0.1, 0.15) is 42.2 Å². The third-order valence-corrected chi connectivity index (χ3v) is 7.42. The molecule has 0 spiro atoms. The second-order valence-electron chi connectivity index (χ2n) is 9.96. The van der Waals surface area contributed by atoms with E-state index in [2.05, 4.69) is 24.0 Å². The van der Waals surface area contributed by atoms with E-state index in [1.54, 1.807) is 0 Å². The maximum atomic E-state index is 13.6. The highest BCUT2D eigenvalue weighted by Crippen LogP contribution is 2.27. The molecule has 0 radical (unpaired) electrons. The number of aromatic nitrogens is 2. The number of hydrogen-bond acceptors (Lipinski definition) is 5. The second-order valence-corrected chi connectivity index (χ2v) is 10.4. The quantitative estimate of drug-likeness (QED) is 0.271. The van der Waals surface area contributed by atoms with E-state index in [-0.39, 0.29) is 18.4 Å². The predicted molar refractivity (Wildman–Crippen MR) is 154 cm³/mol. The lowest BCUT2D eigenvalue weighted by molar-refractivity contribution is -0.137. The zero-order valence-electron chi connectivity index (χ0n) is 21.9. The molecule has 0 aliphatic carbocycles. The summed E-state index contributed by atoms with van der Waals surface area (Å²) in [5, 5.41) is 9.65. The van der Waals surface area contributed by atoms with Crippen LogP contribution in [0.5, 0.6) is 0 Å². The molecule has 0 unspecified atom stereocenters. The molecule has 1 N–H and O–H groups in total. The number of aliphatic carboxylic acids is 1. The summed E-state index contributed by atoms with van der Waals surface area (Å²) in [5.74, 6) is -0.816. The van der Waals surface area contributed by atoms with Crippen molar-refractivity contribution in [3.8, 4) is 11.3 Å². The predicted octanol–water partition coefficient (Wildman–Crippen LogP) is 6.10. The number of carbonyl (C=O) groups is 2. The molecule has 4 aromatic rings. The van der Waals surface area contributed by atoms with Gasteiger partial charge in [-0.15, -0.1) is 0 Å². The first-order valence-electron chi connectivity index (χ1n) is 13.3. The molecule has 0 saturated carbocycles. The monoisotopic (exact) mass is 542 g/mol. The van der Waals surface area contributed by atoms with Gasteiger partial charge in [-0.1, -0.05) is 41.9 Å². The topological polar surface area (TPSA) is 86.6 Å². The molecule has 39 heavy (non-hydrogen) atoms. The molecule has 0 bridgehead atoms. The van der Waals surface area contributed by atoms with Crippen molar-refractivity contribution in [1.82, 2.24) is 14.9 Å². The third kappa shape index (κ3) is 6.20. The number of anilines is 1. The van der Waals surface area contributed by atoms with Crippen LogP contribution in [0.3, 0.4) is 0 Å². The molecule has 1 aliphatic rings. The van der Waals surface area contributed by atoms with E-state index < -0.39 is 5.97 Å². The minimum Gasteiger partial charge on any atom is -0.481 e. The number of halogens is 1. The number of aryl methyl sites for hydroxylation is 1. The van der Waals surface area contributed by atoms with Crippen LogP contribution in [0, 0.1) is 0 Å². The number of carboxylic acid groups (broad SMARTS) is 1. The normalized spacial score (nSPS) is 15.5. The molecule has 8 heteroatoms. The number of nitrogens with zero attached hydrogens (tertiary/aromatic N) is 4. The highest BCUT2D eigenvalue weighted by atomic mass is 35.5. The van der Waals surface area contributed by atoms with Crippen molar-refractivity contribution < 1.29 is 14.7 Å². The van der Waals surface area contributed by atoms with Gasteiger partial charge in [-0.25, -0.2) is 9.97 Å². The lowest BCUT2D eigenvalue weighted by atomic mass is 10.0. The first-order valence-corrected chi connectivity index (χ1v) is 13.7. The van der Waals surface area contributed by atoms with E-state index in [1.165, 1.54) is 5.69 Å². The van der Waals surface area contributed by atoms with Crippen LogP contribution in [0.15, 0.2) is 72.8 Å². The van der Waals surface area contributed by atoms with Crippen LogP contribution in [0.2, 0.25) is 5.02 Å². The fourth-order valence-electron chi connectivity index (χ4n) is 5.10. The first-order chi connectivity index (χ1) is 18.9. The van der Waals surface area contributed by atoms with Crippen molar-refractivity contribution in [3.05, 3.63) is 89.1 Å². The molecule has 1 atom stereocenters. The van der Waals surface area contributed by atoms with Crippen molar-refractivity contribution in [1.29, 1.82) is 0 Å². The number of piperazine rings is 1. The Morgan fingerprint density at radius 3 is 2.44 bits per heavy atom. The highest BCUT2D eigenvalue weighted by Gasteiger charge is 2.28. The lowest BCUT2D eigenvalue weighted by Crippen LogP contribution is -2.54. The number of carbonyl (C=O) groups excluding carboxylic acids is 1. The van der Waals surface area contributed by atoms with Crippen LogP contribution in [-0.4, -0.2) is 57.5 Å². The number of benzene rings is 3. The molecule has 3 aromatic carbocycles. The van der Waals surface area contributed by atoms with E-state index in [1.807, 2.05) is 65.6 Å². The summed E-state index contributed by atoms with van der Waals surface area (Å²) in [6.07, 6.45) is 1.94. The second kappa shape index (κ2) is 11.8. The number of carboxylic acids is 1. The fraction of sp³-hybridized carbons (Fsp3) is 0.290. The molecule has 5 rings (SSSR count). The van der Waals surface area contributed by atoms with Gasteiger partial charge < -0.3 is 14.9 Å². The zero-order chi connectivity index (χ0) is 27.4. The minimum absolute atomic E-state index is 0.0105. The van der Waals surface area contributed by atoms with Crippen LogP contribution in [-0.2, 0) is 11.2 Å². The van der Waals surface area contributed by atoms with Gasteiger partial charge in [0, 0.05) is 53.9 Å². The number of rotatable bonds is 8. The van der Waals surface area contributed by atoms with Gasteiger partial charge in [0.15, 0.2) is 0 Å². The highest BCUT2D eigenvalue weighted by molar-refractivity contribution is 6.30. The summed E-state index contributed by atoms with van der Waals surface area (Å²) in [6, 6.07) is 23.3. The molecule has 1 aliphatic heterocycles. The van der Waals surface area contributed by atoms with E-state index in [9.17, 15) is 9.59 Å². The Morgan fingerprint density at radius 1 is 0.949 bits per heavy atom. The molecule has 2 heterocycles. The van der Waals surface area contributed by atoms with Gasteiger partial charge >= 0.3 is 5.97 Å². The Kier molecular flexibility index (Phi) is 8.07. The van der Waals surface area contributed by atoms with E-state index in [0.29, 0.717) is 47.4 Å². The van der Waals surface area contributed by atoms with Gasteiger partial charge in [-0.3, -0.25) is 9.59 Å². The Balaban J connectivity index is 1.40. The van der Waals surface area contributed by atoms with Crippen LogP contribution in [0.25, 0.3) is 22.3 Å². The maximum Gasteiger partial charge on any atom is 0.303 e. The Morgan fingerprint density at radius 2 is 1.72 bits per heavy atom. The smallest absolute Gasteiger partial charge is 0.303 e. The van der Waals surface area contributed by atoms with Crippen molar-refractivity contribution in [2.75, 3.05) is 24.5 Å². The number of para-hydroxylation sites is 1. The summed E-state index contributed by atoms with van der Waals surface area (Å²) < 4.78 is 0. The molecular weight excluding hydrogens is 512 g/mol. The molecular formula is C31H31ClN4O3. The minimum atomic E-state index is -0.806. The summed E-state index contributed by atoms with van der Waals surface area (Å²) >= 11 is 6.10. The summed E-state index contributed by atoms with van der Waals surface area (Å²) in [6.45, 7) is 4.27. The van der Waals surface area contributed by atoms with Crippen LogP contribution >= 0.6 is 11.6 Å². The van der Waals surface area contributed by atoms with Crippen molar-refractivity contribution in [3.63, 3.8) is 0 Å². The van der Waals surface area contributed by atoms with Gasteiger partial charge in [0.1, 0.15) is 0 Å². The van der Waals surface area contributed by atoms with Crippen molar-refractivity contribution >= 4 is 40.2 Å². The van der Waals surface area contributed by atoms with E-state index in [0.717, 1.165) is 30.0 Å². The number of amides is 1. The molecule has 200 valence electrons. The average molecular weight is 543 g/mol. The largest absolute Gasteiger partial charge is 0.481 e. The van der Waals surface area contributed by atoms with Gasteiger partial charge in [0.05, 0.1) is 22.4 Å².